The molecule has 0 radical (unpaired) electrons. The second kappa shape index (κ2) is 10.0. The van der Waals surface area contributed by atoms with Gasteiger partial charge in [-0.15, -0.1) is 11.3 Å². The van der Waals surface area contributed by atoms with Crippen LogP contribution in [0.15, 0.2) is 84.5 Å². The number of benzene rings is 2. The van der Waals surface area contributed by atoms with Crippen LogP contribution in [0.1, 0.15) is 42.3 Å². The summed E-state index contributed by atoms with van der Waals surface area (Å²) in [4.78, 5) is 33.6. The normalized spacial score (nSPS) is 11.0. The van der Waals surface area contributed by atoms with Crippen molar-refractivity contribution in [2.45, 2.75) is 19.4 Å². The smallest absolute Gasteiger partial charge is 0.261 e. The Morgan fingerprint density at radius 3 is 2.66 bits per heavy atom. The van der Waals surface area contributed by atoms with Crippen LogP contribution in [0.2, 0.25) is 0 Å². The van der Waals surface area contributed by atoms with Crippen LogP contribution < -0.4 is 5.32 Å². The first-order valence-electron chi connectivity index (χ1n) is 11.2. The van der Waals surface area contributed by atoms with Gasteiger partial charge in [0.15, 0.2) is 5.78 Å². The van der Waals surface area contributed by atoms with Gasteiger partial charge < -0.3 is 10.3 Å². The Morgan fingerprint density at radius 1 is 0.971 bits per heavy atom. The number of nitrogens with zero attached hydrogens (tertiary/aromatic N) is 1. The van der Waals surface area contributed by atoms with E-state index in [2.05, 4.69) is 15.3 Å². The minimum absolute atomic E-state index is 0.0814. The Kier molecular flexibility index (Phi) is 6.50. The van der Waals surface area contributed by atoms with E-state index in [1.807, 2.05) is 54.0 Å². The average molecular weight is 484 g/mol. The van der Waals surface area contributed by atoms with Crippen molar-refractivity contribution in [2.24, 2.45) is 0 Å². The Hall–Kier alpha value is -4.10. The van der Waals surface area contributed by atoms with Gasteiger partial charge in [-0.2, -0.15) is 0 Å². The summed E-state index contributed by atoms with van der Waals surface area (Å²) in [7, 11) is 0. The second-order valence-corrected chi connectivity index (χ2v) is 9.19. The van der Waals surface area contributed by atoms with Gasteiger partial charge >= 0.3 is 0 Å². The number of hydrogen-bond acceptors (Lipinski definition) is 4. The zero-order chi connectivity index (χ0) is 24.2. The Bertz CT molecular complexity index is 1500. The maximum atomic E-state index is 13.1. The molecule has 5 aromatic rings. The third kappa shape index (κ3) is 5.20. The molecule has 1 amide bonds. The van der Waals surface area contributed by atoms with E-state index in [4.69, 9.17) is 0 Å². The summed E-state index contributed by atoms with van der Waals surface area (Å²) in [5.74, 6) is -0.573. The molecule has 0 atom stereocenters. The van der Waals surface area contributed by atoms with Crippen LogP contribution in [0.4, 0.5) is 4.39 Å². The molecule has 0 fully saturated rings. The Morgan fingerprint density at radius 2 is 1.80 bits per heavy atom. The number of aromatic amines is 1. The molecule has 0 saturated heterocycles. The van der Waals surface area contributed by atoms with Gasteiger partial charge in [0.25, 0.3) is 5.91 Å². The third-order valence-corrected chi connectivity index (χ3v) is 6.82. The molecule has 0 saturated carbocycles. The lowest BCUT2D eigenvalue weighted by atomic mass is 10.0. The van der Waals surface area contributed by atoms with E-state index in [-0.39, 0.29) is 23.9 Å². The fourth-order valence-electron chi connectivity index (χ4n) is 4.09. The van der Waals surface area contributed by atoms with E-state index in [9.17, 15) is 14.0 Å². The zero-order valence-electron chi connectivity index (χ0n) is 18.8. The molecule has 0 bridgehead atoms. The number of thiophene rings is 1. The highest BCUT2D eigenvalue weighted by atomic mass is 32.1. The number of Topliss-reactive ketones (excluding diaryl/α,β-unsaturated/α-hetero) is 1. The van der Waals surface area contributed by atoms with Crippen LogP contribution in [0, 0.1) is 5.82 Å². The first kappa shape index (κ1) is 22.7. The van der Waals surface area contributed by atoms with Crippen molar-refractivity contribution < 1.29 is 14.0 Å². The van der Waals surface area contributed by atoms with E-state index >= 15 is 0 Å². The van der Waals surface area contributed by atoms with Crippen molar-refractivity contribution in [3.63, 3.8) is 0 Å². The molecule has 3 heterocycles. The molecule has 5 rings (SSSR count). The molecule has 0 aliphatic rings. The number of aromatic nitrogens is 2. The van der Waals surface area contributed by atoms with E-state index in [0.29, 0.717) is 23.4 Å². The van der Waals surface area contributed by atoms with E-state index < -0.39 is 0 Å². The molecular formula is C28H22FN3O2S. The van der Waals surface area contributed by atoms with Crippen molar-refractivity contribution in [3.05, 3.63) is 123 Å². The first-order chi connectivity index (χ1) is 17.1. The number of carbonyl (C=O) groups excluding carboxylic acids is 2. The van der Waals surface area contributed by atoms with Crippen LogP contribution in [0.5, 0.6) is 0 Å². The van der Waals surface area contributed by atoms with Crippen LogP contribution in [0.3, 0.4) is 0 Å². The van der Waals surface area contributed by atoms with Gasteiger partial charge in [0.1, 0.15) is 11.5 Å². The van der Waals surface area contributed by atoms with Crippen LogP contribution >= 0.6 is 11.3 Å². The van der Waals surface area contributed by atoms with E-state index in [0.717, 1.165) is 33.3 Å². The summed E-state index contributed by atoms with van der Waals surface area (Å²) in [5.41, 5.74) is 5.14. The quantitative estimate of drug-likeness (QED) is 0.278. The van der Waals surface area contributed by atoms with Gasteiger partial charge in [0, 0.05) is 36.3 Å². The summed E-state index contributed by atoms with van der Waals surface area (Å²) in [6.45, 7) is 0.353. The molecule has 5 nitrogen and oxygen atoms in total. The van der Waals surface area contributed by atoms with Gasteiger partial charge in [0.2, 0.25) is 0 Å². The molecule has 2 N–H and O–H groups in total. The highest BCUT2D eigenvalue weighted by Gasteiger charge is 2.15. The van der Waals surface area contributed by atoms with Crippen LogP contribution in [-0.2, 0) is 19.4 Å². The highest BCUT2D eigenvalue weighted by Crippen LogP contribution is 2.24. The maximum absolute atomic E-state index is 13.1. The largest absolute Gasteiger partial charge is 0.347 e. The van der Waals surface area contributed by atoms with Gasteiger partial charge in [-0.1, -0.05) is 24.3 Å². The van der Waals surface area contributed by atoms with Crippen molar-refractivity contribution in [1.82, 2.24) is 15.3 Å². The molecule has 0 aliphatic carbocycles. The number of ketones is 1. The fraction of sp³-hybridized carbons (Fsp3) is 0.107. The predicted octanol–water partition coefficient (Wildman–Crippen LogP) is 5.71. The van der Waals surface area contributed by atoms with Gasteiger partial charge in [0.05, 0.1) is 4.88 Å². The van der Waals surface area contributed by atoms with Crippen molar-refractivity contribution in [1.29, 1.82) is 0 Å². The first-order valence-corrected chi connectivity index (χ1v) is 12.1. The molecule has 174 valence electrons. The van der Waals surface area contributed by atoms with Gasteiger partial charge in [-0.25, -0.2) is 9.37 Å². The maximum Gasteiger partial charge on any atom is 0.261 e. The topological polar surface area (TPSA) is 74.8 Å². The number of halogens is 1. The predicted molar refractivity (Wildman–Crippen MR) is 135 cm³/mol. The Labute approximate surface area is 205 Å². The molecular weight excluding hydrogens is 461 g/mol. The lowest BCUT2D eigenvalue weighted by Gasteiger charge is -2.09. The molecule has 7 heteroatoms. The number of amides is 1. The molecule has 0 aliphatic heterocycles. The van der Waals surface area contributed by atoms with Gasteiger partial charge in [-0.05, 0) is 76.5 Å². The molecule has 35 heavy (non-hydrogen) atoms. The van der Waals surface area contributed by atoms with E-state index in [1.54, 1.807) is 6.20 Å². The number of carbonyl (C=O) groups is 2. The molecule has 2 aromatic carbocycles. The monoisotopic (exact) mass is 483 g/mol. The highest BCUT2D eigenvalue weighted by molar-refractivity contribution is 7.12. The summed E-state index contributed by atoms with van der Waals surface area (Å²) < 4.78 is 13.1. The lowest BCUT2D eigenvalue weighted by Crippen LogP contribution is -2.23. The summed E-state index contributed by atoms with van der Waals surface area (Å²) in [6, 6.07) is 19.1. The van der Waals surface area contributed by atoms with E-state index in [1.165, 1.54) is 35.6 Å². The summed E-state index contributed by atoms with van der Waals surface area (Å²) >= 11 is 1.42. The van der Waals surface area contributed by atoms with Crippen molar-refractivity contribution >= 4 is 34.1 Å². The van der Waals surface area contributed by atoms with Crippen LogP contribution in [-0.4, -0.2) is 21.7 Å². The Balaban J connectivity index is 1.23. The number of rotatable bonds is 8. The molecule has 0 unspecified atom stereocenters. The number of nitrogens with one attached hydrogen (secondary N) is 2. The zero-order valence-corrected chi connectivity index (χ0v) is 19.6. The minimum atomic E-state index is -0.369. The molecule has 0 spiro atoms. The summed E-state index contributed by atoms with van der Waals surface area (Å²) in [6.07, 6.45) is 4.49. The fourth-order valence-corrected chi connectivity index (χ4v) is 4.93. The van der Waals surface area contributed by atoms with Crippen molar-refractivity contribution in [2.75, 3.05) is 0 Å². The lowest BCUT2D eigenvalue weighted by molar-refractivity contribution is 0.0952. The second-order valence-electron chi connectivity index (χ2n) is 8.27. The number of hydrogen-bond donors (Lipinski definition) is 2. The van der Waals surface area contributed by atoms with Gasteiger partial charge in [-0.3, -0.25) is 9.59 Å². The third-order valence-electron chi connectivity index (χ3n) is 5.86. The number of pyridine rings is 1. The number of fused-ring (bicyclic) bond motifs is 1. The van der Waals surface area contributed by atoms with Crippen molar-refractivity contribution in [3.8, 4) is 0 Å². The summed E-state index contributed by atoms with van der Waals surface area (Å²) in [5, 5.41) is 5.99. The number of H-pyrrole nitrogens is 1. The SMILES string of the molecule is O=C(Cc1cccc(CNC(=O)c2sccc2Cc2ccnc3[nH]ccc23)c1)c1ccc(F)cc1. The minimum Gasteiger partial charge on any atom is -0.347 e. The average Bonchev–Trinajstić information content (AvgIpc) is 3.53. The standard InChI is InChI=1S/C28H22FN3O2S/c29-23-6-4-20(5-7-23)25(33)15-18-2-1-3-19(14-18)17-32-28(34)26-22(10-13-35-26)16-21-8-11-30-27-24(21)9-12-31-27/h1-14H,15-17H2,(H,30,31)(H,32,34). The molecule has 3 aromatic heterocycles. The van der Waals surface area contributed by atoms with Crippen LogP contribution in [0.25, 0.3) is 11.0 Å².